The number of carbonyl (C=O) groups is 2. The number of urea groups is 1. The van der Waals surface area contributed by atoms with Gasteiger partial charge in [0.25, 0.3) is 0 Å². The third-order valence-corrected chi connectivity index (χ3v) is 1.22. The quantitative estimate of drug-likeness (QED) is 0.593. The fraction of sp³-hybridized carbons (Fsp3) is 0.500. The Morgan fingerprint density at radius 2 is 2.15 bits per heavy atom. The van der Waals surface area contributed by atoms with E-state index >= 15 is 0 Å². The first kappa shape index (κ1) is 11.3. The molecule has 0 saturated heterocycles. The van der Waals surface area contributed by atoms with E-state index in [2.05, 4.69) is 17.2 Å². The van der Waals surface area contributed by atoms with E-state index in [0.717, 1.165) is 4.90 Å². The van der Waals surface area contributed by atoms with Crippen molar-refractivity contribution in [1.82, 2.24) is 10.2 Å². The van der Waals surface area contributed by atoms with Crippen molar-refractivity contribution in [3.05, 3.63) is 0 Å². The molecule has 0 spiro atoms. The molecule has 0 fully saturated rings. The predicted octanol–water partition coefficient (Wildman–Crippen LogP) is -0.264. The molecule has 0 heterocycles. The van der Waals surface area contributed by atoms with Crippen LogP contribution in [-0.2, 0) is 4.79 Å². The first-order chi connectivity index (χ1) is 6.07. The Bertz CT molecular complexity index is 252. The van der Waals surface area contributed by atoms with Gasteiger partial charge in [-0.15, -0.1) is 5.92 Å². The molecule has 5 nitrogen and oxygen atoms in total. The van der Waals surface area contributed by atoms with Crippen LogP contribution in [0.4, 0.5) is 4.79 Å². The highest BCUT2D eigenvalue weighted by molar-refractivity contribution is 5.79. The monoisotopic (exact) mass is 184 g/mol. The number of nitrogens with zero attached hydrogens (tertiary/aromatic N) is 1. The molecule has 13 heavy (non-hydrogen) atoms. The Labute approximate surface area is 76.7 Å². The second-order valence-electron chi connectivity index (χ2n) is 2.34. The van der Waals surface area contributed by atoms with Crippen molar-refractivity contribution >= 4 is 12.0 Å². The maximum Gasteiger partial charge on any atom is 0.323 e. The molecule has 5 heteroatoms. The van der Waals surface area contributed by atoms with Crippen LogP contribution in [0.3, 0.4) is 0 Å². The first-order valence-corrected chi connectivity index (χ1v) is 3.68. The maximum atomic E-state index is 11.0. The van der Waals surface area contributed by atoms with Crippen molar-refractivity contribution in [2.45, 2.75) is 6.92 Å². The molecule has 0 aromatic heterocycles. The van der Waals surface area contributed by atoms with Gasteiger partial charge in [0.2, 0.25) is 0 Å². The summed E-state index contributed by atoms with van der Waals surface area (Å²) >= 11 is 0. The fourth-order valence-electron chi connectivity index (χ4n) is 0.618. The SMILES string of the molecule is CC#CCNC(=O)N(C)CC(=O)O. The molecule has 0 aromatic carbocycles. The summed E-state index contributed by atoms with van der Waals surface area (Å²) in [7, 11) is 1.41. The highest BCUT2D eigenvalue weighted by Crippen LogP contribution is 1.82. The number of nitrogens with one attached hydrogen (secondary N) is 1. The van der Waals surface area contributed by atoms with Gasteiger partial charge >= 0.3 is 12.0 Å². The number of hydrogen-bond donors (Lipinski definition) is 2. The van der Waals surface area contributed by atoms with E-state index < -0.39 is 12.0 Å². The molecule has 0 bridgehead atoms. The van der Waals surface area contributed by atoms with E-state index in [0.29, 0.717) is 0 Å². The molecular formula is C8H12N2O3. The zero-order chi connectivity index (χ0) is 10.3. The second kappa shape index (κ2) is 5.89. The minimum atomic E-state index is -1.04. The van der Waals surface area contributed by atoms with Gasteiger partial charge in [-0.05, 0) is 6.92 Å². The Morgan fingerprint density at radius 3 is 2.62 bits per heavy atom. The Balaban J connectivity index is 3.80. The van der Waals surface area contributed by atoms with Gasteiger partial charge in [0.15, 0.2) is 0 Å². The van der Waals surface area contributed by atoms with Crippen LogP contribution in [0.15, 0.2) is 0 Å². The van der Waals surface area contributed by atoms with Crippen LogP contribution in [0.25, 0.3) is 0 Å². The lowest BCUT2D eigenvalue weighted by molar-refractivity contribution is -0.137. The number of aliphatic carboxylic acids is 1. The van der Waals surface area contributed by atoms with Crippen molar-refractivity contribution in [3.63, 3.8) is 0 Å². The van der Waals surface area contributed by atoms with E-state index in [4.69, 9.17) is 5.11 Å². The predicted molar refractivity (Wildman–Crippen MR) is 47.1 cm³/mol. The molecule has 0 rings (SSSR count). The van der Waals surface area contributed by atoms with E-state index in [9.17, 15) is 9.59 Å². The Morgan fingerprint density at radius 1 is 1.54 bits per heavy atom. The van der Waals surface area contributed by atoms with Crippen LogP contribution in [0.5, 0.6) is 0 Å². The van der Waals surface area contributed by atoms with Gasteiger partial charge in [0.1, 0.15) is 6.54 Å². The third kappa shape index (κ3) is 5.56. The highest BCUT2D eigenvalue weighted by Gasteiger charge is 2.09. The van der Waals surface area contributed by atoms with Gasteiger partial charge in [0.05, 0.1) is 6.54 Å². The van der Waals surface area contributed by atoms with Gasteiger partial charge in [-0.2, -0.15) is 0 Å². The number of carboxylic acid groups (broad SMARTS) is 1. The largest absolute Gasteiger partial charge is 0.480 e. The normalized spacial score (nSPS) is 8.15. The molecule has 0 aliphatic rings. The first-order valence-electron chi connectivity index (χ1n) is 3.68. The fourth-order valence-corrected chi connectivity index (χ4v) is 0.618. The summed E-state index contributed by atoms with van der Waals surface area (Å²) in [5.74, 6) is 4.19. The Kier molecular flexibility index (Phi) is 5.12. The lowest BCUT2D eigenvalue weighted by Crippen LogP contribution is -2.40. The molecule has 2 amide bonds. The standard InChI is InChI=1S/C8H12N2O3/c1-3-4-5-9-8(13)10(2)6-7(11)12/h5-6H2,1-2H3,(H,9,13)(H,11,12). The number of amides is 2. The smallest absolute Gasteiger partial charge is 0.323 e. The average molecular weight is 184 g/mol. The van der Waals surface area contributed by atoms with Crippen molar-refractivity contribution in [2.75, 3.05) is 20.1 Å². The lowest BCUT2D eigenvalue weighted by Gasteiger charge is -2.13. The molecular weight excluding hydrogens is 172 g/mol. The number of hydrogen-bond acceptors (Lipinski definition) is 2. The molecule has 0 saturated carbocycles. The summed E-state index contributed by atoms with van der Waals surface area (Å²) in [5.41, 5.74) is 0. The van der Waals surface area contributed by atoms with Crippen LogP contribution >= 0.6 is 0 Å². The van der Waals surface area contributed by atoms with Gasteiger partial charge in [-0.3, -0.25) is 4.79 Å². The number of likely N-dealkylation sites (N-methyl/N-ethyl adjacent to an activating group) is 1. The van der Waals surface area contributed by atoms with Crippen LogP contribution < -0.4 is 5.32 Å². The van der Waals surface area contributed by atoms with E-state index in [1.165, 1.54) is 7.05 Å². The zero-order valence-corrected chi connectivity index (χ0v) is 7.63. The molecule has 72 valence electrons. The van der Waals surface area contributed by atoms with Gasteiger partial charge in [0, 0.05) is 7.05 Å². The topological polar surface area (TPSA) is 69.6 Å². The summed E-state index contributed by atoms with van der Waals surface area (Å²) in [6, 6.07) is -0.440. The minimum absolute atomic E-state index is 0.235. The molecule has 0 radical (unpaired) electrons. The zero-order valence-electron chi connectivity index (χ0n) is 7.63. The highest BCUT2D eigenvalue weighted by atomic mass is 16.4. The van der Waals surface area contributed by atoms with Crippen molar-refractivity contribution in [2.24, 2.45) is 0 Å². The van der Waals surface area contributed by atoms with Gasteiger partial charge < -0.3 is 15.3 Å². The molecule has 0 aliphatic carbocycles. The van der Waals surface area contributed by atoms with Crippen LogP contribution in [-0.4, -0.2) is 42.1 Å². The summed E-state index contributed by atoms with van der Waals surface area (Å²) in [6.07, 6.45) is 0. The lowest BCUT2D eigenvalue weighted by atomic mass is 10.5. The van der Waals surface area contributed by atoms with Crippen LogP contribution in [0.1, 0.15) is 6.92 Å². The van der Waals surface area contributed by atoms with Crippen molar-refractivity contribution < 1.29 is 14.7 Å². The molecule has 2 N–H and O–H groups in total. The van der Waals surface area contributed by atoms with Crippen molar-refractivity contribution in [3.8, 4) is 11.8 Å². The van der Waals surface area contributed by atoms with E-state index in [1.54, 1.807) is 6.92 Å². The average Bonchev–Trinajstić information content (AvgIpc) is 2.03. The molecule has 0 aliphatic heterocycles. The van der Waals surface area contributed by atoms with E-state index in [1.807, 2.05) is 0 Å². The summed E-state index contributed by atoms with van der Waals surface area (Å²) < 4.78 is 0. The Hall–Kier alpha value is -1.70. The minimum Gasteiger partial charge on any atom is -0.480 e. The second-order valence-corrected chi connectivity index (χ2v) is 2.34. The van der Waals surface area contributed by atoms with Crippen LogP contribution in [0, 0.1) is 11.8 Å². The van der Waals surface area contributed by atoms with Gasteiger partial charge in [-0.1, -0.05) is 5.92 Å². The third-order valence-electron chi connectivity index (χ3n) is 1.22. The maximum absolute atomic E-state index is 11.0. The summed E-state index contributed by atoms with van der Waals surface area (Å²) in [5, 5.41) is 10.8. The molecule has 0 unspecified atom stereocenters. The number of carboxylic acids is 1. The number of rotatable bonds is 3. The van der Waals surface area contributed by atoms with Crippen LogP contribution in [0.2, 0.25) is 0 Å². The number of carbonyl (C=O) groups excluding carboxylic acids is 1. The summed E-state index contributed by atoms with van der Waals surface area (Å²) in [4.78, 5) is 22.3. The van der Waals surface area contributed by atoms with E-state index in [-0.39, 0.29) is 13.1 Å². The van der Waals surface area contributed by atoms with Crippen molar-refractivity contribution in [1.29, 1.82) is 0 Å². The molecule has 0 atom stereocenters. The van der Waals surface area contributed by atoms with Gasteiger partial charge in [-0.25, -0.2) is 4.79 Å². The molecule has 0 aromatic rings. The summed E-state index contributed by atoms with van der Waals surface area (Å²) in [6.45, 7) is 1.58.